The van der Waals surface area contributed by atoms with E-state index in [0.29, 0.717) is 6.04 Å². The van der Waals surface area contributed by atoms with Crippen molar-refractivity contribution in [3.05, 3.63) is 24.2 Å². The molecule has 0 radical (unpaired) electrons. The van der Waals surface area contributed by atoms with Crippen molar-refractivity contribution in [1.29, 1.82) is 0 Å². The fourth-order valence-electron chi connectivity index (χ4n) is 2.95. The molecule has 0 spiro atoms. The summed E-state index contributed by atoms with van der Waals surface area (Å²) in [5, 5.41) is 3.62. The Morgan fingerprint density at radius 1 is 1.44 bits per heavy atom. The molecule has 96 valence electrons. The van der Waals surface area contributed by atoms with Crippen molar-refractivity contribution in [2.24, 2.45) is 12.5 Å². The molecule has 1 fully saturated rings. The third-order valence-electron chi connectivity index (χ3n) is 4.08. The van der Waals surface area contributed by atoms with Crippen molar-refractivity contribution < 1.29 is 0 Å². The Balaban J connectivity index is 2.11. The lowest BCUT2D eigenvalue weighted by atomic mass is 9.77. The van der Waals surface area contributed by atoms with E-state index in [1.807, 2.05) is 6.07 Å². The van der Waals surface area contributed by atoms with Gasteiger partial charge in [0.2, 0.25) is 0 Å². The molecule has 18 heavy (non-hydrogen) atoms. The summed E-state index contributed by atoms with van der Waals surface area (Å²) in [6.07, 6.45) is 4.28. The molecule has 0 saturated carbocycles. The molecule has 1 N–H and O–H groups in total. The van der Waals surface area contributed by atoms with Gasteiger partial charge in [-0.3, -0.25) is 0 Å². The Labute approximate surface area is 107 Å². The summed E-state index contributed by atoms with van der Waals surface area (Å²) in [6, 6.07) is 4.35. The molecule has 1 aliphatic rings. The fraction of sp³-hybridized carbons (Fsp3) is 0.571. The van der Waals surface area contributed by atoms with E-state index >= 15 is 0 Å². The van der Waals surface area contributed by atoms with Crippen LogP contribution in [0.2, 0.25) is 0 Å². The number of nitrogens with one attached hydrogen (secondary N) is 1. The SMILES string of the molecule is Cn1c(C2NCCCC2(C)C)nc2ncccc21. The maximum Gasteiger partial charge on any atom is 0.177 e. The number of pyridine rings is 1. The summed E-state index contributed by atoms with van der Waals surface area (Å²) in [7, 11) is 2.08. The quantitative estimate of drug-likeness (QED) is 0.837. The van der Waals surface area contributed by atoms with Crippen LogP contribution in [-0.4, -0.2) is 21.1 Å². The molecule has 3 heterocycles. The van der Waals surface area contributed by atoms with Gasteiger partial charge in [-0.2, -0.15) is 0 Å². The summed E-state index contributed by atoms with van der Waals surface area (Å²) in [4.78, 5) is 9.07. The van der Waals surface area contributed by atoms with Crippen LogP contribution >= 0.6 is 0 Å². The van der Waals surface area contributed by atoms with E-state index in [4.69, 9.17) is 4.98 Å². The number of hydrogen-bond acceptors (Lipinski definition) is 3. The van der Waals surface area contributed by atoms with E-state index in [1.54, 1.807) is 6.20 Å². The van der Waals surface area contributed by atoms with Crippen molar-refractivity contribution in [2.75, 3.05) is 6.54 Å². The molecule has 1 unspecified atom stereocenters. The van der Waals surface area contributed by atoms with Gasteiger partial charge in [0.05, 0.1) is 11.6 Å². The number of nitrogens with zero attached hydrogens (tertiary/aromatic N) is 3. The number of rotatable bonds is 1. The van der Waals surface area contributed by atoms with Crippen molar-refractivity contribution in [1.82, 2.24) is 19.9 Å². The van der Waals surface area contributed by atoms with Crippen molar-refractivity contribution in [2.45, 2.75) is 32.7 Å². The summed E-state index contributed by atoms with van der Waals surface area (Å²) in [5.74, 6) is 1.11. The molecule has 1 saturated heterocycles. The topological polar surface area (TPSA) is 42.7 Å². The van der Waals surface area contributed by atoms with Crippen LogP contribution < -0.4 is 5.32 Å². The van der Waals surface area contributed by atoms with Gasteiger partial charge in [0.15, 0.2) is 5.65 Å². The molecule has 3 rings (SSSR count). The molecular formula is C14H20N4. The number of hydrogen-bond donors (Lipinski definition) is 1. The number of aromatic nitrogens is 3. The van der Waals surface area contributed by atoms with Gasteiger partial charge >= 0.3 is 0 Å². The van der Waals surface area contributed by atoms with E-state index in [1.165, 1.54) is 12.8 Å². The summed E-state index contributed by atoms with van der Waals surface area (Å²) >= 11 is 0. The highest BCUT2D eigenvalue weighted by Crippen LogP contribution is 2.39. The van der Waals surface area contributed by atoms with E-state index in [0.717, 1.165) is 23.5 Å². The van der Waals surface area contributed by atoms with Crippen LogP contribution in [-0.2, 0) is 7.05 Å². The minimum atomic E-state index is 0.243. The van der Waals surface area contributed by atoms with Crippen LogP contribution in [0.15, 0.2) is 18.3 Å². The molecule has 4 nitrogen and oxygen atoms in total. The van der Waals surface area contributed by atoms with Gasteiger partial charge in [0.25, 0.3) is 0 Å². The lowest BCUT2D eigenvalue weighted by Crippen LogP contribution is -2.41. The van der Waals surface area contributed by atoms with E-state index in [-0.39, 0.29) is 5.41 Å². The first-order valence-corrected chi connectivity index (χ1v) is 6.60. The van der Waals surface area contributed by atoms with Gasteiger partial charge in [0.1, 0.15) is 5.82 Å². The second kappa shape index (κ2) is 4.05. The summed E-state index contributed by atoms with van der Waals surface area (Å²) < 4.78 is 2.17. The number of piperidine rings is 1. The number of fused-ring (bicyclic) bond motifs is 1. The molecule has 1 atom stereocenters. The Morgan fingerprint density at radius 3 is 3.00 bits per heavy atom. The van der Waals surface area contributed by atoms with Crippen molar-refractivity contribution in [3.8, 4) is 0 Å². The second-order valence-electron chi connectivity index (χ2n) is 5.85. The zero-order chi connectivity index (χ0) is 12.8. The molecule has 1 aliphatic heterocycles. The third-order valence-corrected chi connectivity index (χ3v) is 4.08. The molecule has 0 amide bonds. The van der Waals surface area contributed by atoms with Crippen LogP contribution in [0.1, 0.15) is 38.6 Å². The molecule has 2 aromatic rings. The van der Waals surface area contributed by atoms with Gasteiger partial charge in [-0.25, -0.2) is 9.97 Å². The average Bonchev–Trinajstić information content (AvgIpc) is 2.67. The highest BCUT2D eigenvalue weighted by Gasteiger charge is 2.36. The molecule has 4 heteroatoms. The summed E-state index contributed by atoms with van der Waals surface area (Å²) in [5.41, 5.74) is 2.20. The lowest BCUT2D eigenvalue weighted by molar-refractivity contribution is 0.172. The number of aryl methyl sites for hydroxylation is 1. The largest absolute Gasteiger partial charge is 0.328 e. The first-order valence-electron chi connectivity index (χ1n) is 6.60. The zero-order valence-corrected chi connectivity index (χ0v) is 11.3. The zero-order valence-electron chi connectivity index (χ0n) is 11.3. The minimum absolute atomic E-state index is 0.243. The minimum Gasteiger partial charge on any atom is -0.328 e. The van der Waals surface area contributed by atoms with Crippen LogP contribution in [0.3, 0.4) is 0 Å². The molecular weight excluding hydrogens is 224 g/mol. The molecule has 2 aromatic heterocycles. The Hall–Kier alpha value is -1.42. The predicted molar refractivity (Wildman–Crippen MR) is 72.3 cm³/mol. The lowest BCUT2D eigenvalue weighted by Gasteiger charge is -2.38. The highest BCUT2D eigenvalue weighted by molar-refractivity contribution is 5.71. The van der Waals surface area contributed by atoms with Gasteiger partial charge in [-0.15, -0.1) is 0 Å². The Morgan fingerprint density at radius 2 is 2.28 bits per heavy atom. The van der Waals surface area contributed by atoms with Crippen LogP contribution in [0.4, 0.5) is 0 Å². The summed E-state index contributed by atoms with van der Waals surface area (Å²) in [6.45, 7) is 5.71. The van der Waals surface area contributed by atoms with Crippen LogP contribution in [0.25, 0.3) is 11.2 Å². The van der Waals surface area contributed by atoms with Gasteiger partial charge in [-0.1, -0.05) is 13.8 Å². The average molecular weight is 244 g/mol. The smallest absolute Gasteiger partial charge is 0.177 e. The first kappa shape index (κ1) is 11.7. The Bertz CT molecular complexity index is 570. The van der Waals surface area contributed by atoms with Crippen molar-refractivity contribution >= 4 is 11.2 Å². The Kier molecular flexibility index (Phi) is 2.63. The fourth-order valence-corrected chi connectivity index (χ4v) is 2.95. The van der Waals surface area contributed by atoms with Gasteiger partial charge in [-0.05, 0) is 36.9 Å². The third kappa shape index (κ3) is 1.72. The first-order chi connectivity index (χ1) is 8.59. The maximum atomic E-state index is 4.72. The van der Waals surface area contributed by atoms with Crippen LogP contribution in [0, 0.1) is 5.41 Å². The standard InChI is InChI=1S/C14H20N4/c1-14(2)7-5-9-15-11(14)13-17-12-10(18(13)3)6-4-8-16-12/h4,6,8,11,15H,5,7,9H2,1-3H3. The van der Waals surface area contributed by atoms with E-state index < -0.39 is 0 Å². The van der Waals surface area contributed by atoms with Gasteiger partial charge in [0, 0.05) is 13.2 Å². The number of imidazole rings is 1. The van der Waals surface area contributed by atoms with E-state index in [2.05, 4.69) is 41.8 Å². The van der Waals surface area contributed by atoms with Crippen molar-refractivity contribution in [3.63, 3.8) is 0 Å². The maximum absolute atomic E-state index is 4.72. The van der Waals surface area contributed by atoms with Crippen LogP contribution in [0.5, 0.6) is 0 Å². The van der Waals surface area contributed by atoms with E-state index in [9.17, 15) is 0 Å². The highest BCUT2D eigenvalue weighted by atomic mass is 15.1. The molecule has 0 aromatic carbocycles. The monoisotopic (exact) mass is 244 g/mol. The molecule has 0 aliphatic carbocycles. The second-order valence-corrected chi connectivity index (χ2v) is 5.85. The van der Waals surface area contributed by atoms with Gasteiger partial charge < -0.3 is 9.88 Å². The predicted octanol–water partition coefficient (Wildman–Crippen LogP) is 2.42. The molecule has 0 bridgehead atoms. The normalized spacial score (nSPS) is 23.4.